The van der Waals surface area contributed by atoms with E-state index < -0.39 is 10.0 Å². The fourth-order valence-corrected chi connectivity index (χ4v) is 3.12. The van der Waals surface area contributed by atoms with Gasteiger partial charge in [0, 0.05) is 12.1 Å². The number of anilines is 1. The number of sulfonamides is 1. The first-order valence-corrected chi connectivity index (χ1v) is 9.21. The standard InChI is InChI=1S/C17H20N2O4S/c1-23-16-10-8-14(9-11-16)17(20)18-12-13-19(24(2,21)22)15-6-4-3-5-7-15/h3-11H,12-13H2,1-2H3,(H,18,20). The summed E-state index contributed by atoms with van der Waals surface area (Å²) in [6.45, 7) is 0.359. The molecule has 2 aromatic rings. The highest BCUT2D eigenvalue weighted by Gasteiger charge is 2.17. The van der Waals surface area contributed by atoms with E-state index in [9.17, 15) is 13.2 Å². The number of hydrogen-bond acceptors (Lipinski definition) is 4. The molecule has 0 aromatic heterocycles. The van der Waals surface area contributed by atoms with E-state index in [1.807, 2.05) is 6.07 Å². The Kier molecular flexibility index (Phi) is 5.81. The molecule has 1 N–H and O–H groups in total. The highest BCUT2D eigenvalue weighted by atomic mass is 32.2. The lowest BCUT2D eigenvalue weighted by atomic mass is 10.2. The van der Waals surface area contributed by atoms with E-state index in [0.29, 0.717) is 17.0 Å². The monoisotopic (exact) mass is 348 g/mol. The third kappa shape index (κ3) is 4.73. The van der Waals surface area contributed by atoms with Crippen LogP contribution in [0.3, 0.4) is 0 Å². The van der Waals surface area contributed by atoms with E-state index in [4.69, 9.17) is 4.74 Å². The third-order valence-corrected chi connectivity index (χ3v) is 4.59. The predicted molar refractivity (Wildman–Crippen MR) is 94.0 cm³/mol. The van der Waals surface area contributed by atoms with Gasteiger partial charge in [0.2, 0.25) is 10.0 Å². The number of ether oxygens (including phenoxy) is 1. The average Bonchev–Trinajstić information content (AvgIpc) is 2.58. The Labute approximate surface area is 142 Å². The van der Waals surface area contributed by atoms with Gasteiger partial charge in [0.1, 0.15) is 5.75 Å². The molecule has 0 radical (unpaired) electrons. The van der Waals surface area contributed by atoms with Gasteiger partial charge in [-0.2, -0.15) is 0 Å². The quantitative estimate of drug-likeness (QED) is 0.829. The zero-order chi connectivity index (χ0) is 17.6. The molecule has 1 amide bonds. The van der Waals surface area contributed by atoms with Crippen LogP contribution in [0, 0.1) is 0 Å². The van der Waals surface area contributed by atoms with Gasteiger partial charge in [-0.1, -0.05) is 18.2 Å². The maximum atomic E-state index is 12.1. The number of para-hydroxylation sites is 1. The summed E-state index contributed by atoms with van der Waals surface area (Å²) < 4.78 is 30.2. The van der Waals surface area contributed by atoms with Crippen LogP contribution in [-0.4, -0.2) is 40.8 Å². The summed E-state index contributed by atoms with van der Waals surface area (Å²) in [5.41, 5.74) is 1.06. The summed E-state index contributed by atoms with van der Waals surface area (Å²) in [6.07, 6.45) is 1.14. The minimum Gasteiger partial charge on any atom is -0.497 e. The van der Waals surface area contributed by atoms with Crippen molar-refractivity contribution in [1.29, 1.82) is 0 Å². The van der Waals surface area contributed by atoms with E-state index in [1.165, 1.54) is 4.31 Å². The van der Waals surface area contributed by atoms with Crippen LogP contribution in [0.15, 0.2) is 54.6 Å². The Morgan fingerprint density at radius 3 is 2.25 bits per heavy atom. The molecule has 6 nitrogen and oxygen atoms in total. The van der Waals surface area contributed by atoms with Crippen molar-refractivity contribution in [3.8, 4) is 5.75 Å². The molecular formula is C17H20N2O4S. The zero-order valence-corrected chi connectivity index (χ0v) is 14.4. The smallest absolute Gasteiger partial charge is 0.251 e. The highest BCUT2D eigenvalue weighted by Crippen LogP contribution is 2.16. The second-order valence-corrected chi connectivity index (χ2v) is 7.06. The van der Waals surface area contributed by atoms with Gasteiger partial charge < -0.3 is 10.1 Å². The summed E-state index contributed by atoms with van der Waals surface area (Å²) in [5.74, 6) is 0.401. The maximum absolute atomic E-state index is 12.1. The van der Waals surface area contributed by atoms with Gasteiger partial charge in [-0.25, -0.2) is 8.42 Å². The Bertz CT molecular complexity index is 774. The molecule has 0 saturated heterocycles. The number of nitrogens with one attached hydrogen (secondary N) is 1. The molecular weight excluding hydrogens is 328 g/mol. The van der Waals surface area contributed by atoms with E-state index >= 15 is 0 Å². The second-order valence-electron chi connectivity index (χ2n) is 5.16. The van der Waals surface area contributed by atoms with Gasteiger partial charge >= 0.3 is 0 Å². The lowest BCUT2D eigenvalue weighted by Gasteiger charge is -2.22. The van der Waals surface area contributed by atoms with Crippen LogP contribution in [0.2, 0.25) is 0 Å². The van der Waals surface area contributed by atoms with Crippen molar-refractivity contribution in [3.05, 3.63) is 60.2 Å². The molecule has 2 rings (SSSR count). The predicted octanol–water partition coefficient (Wildman–Crippen LogP) is 1.89. The first-order chi connectivity index (χ1) is 11.4. The van der Waals surface area contributed by atoms with Crippen LogP contribution in [-0.2, 0) is 10.0 Å². The Morgan fingerprint density at radius 2 is 1.71 bits per heavy atom. The molecule has 0 atom stereocenters. The molecule has 0 fully saturated rings. The normalized spacial score (nSPS) is 10.9. The number of amides is 1. The fraction of sp³-hybridized carbons (Fsp3) is 0.235. The van der Waals surface area contributed by atoms with E-state index in [1.54, 1.807) is 55.6 Å². The number of hydrogen-bond donors (Lipinski definition) is 1. The summed E-state index contributed by atoms with van der Waals surface area (Å²) in [7, 11) is -1.87. The number of methoxy groups -OCH3 is 1. The number of carbonyl (C=O) groups excluding carboxylic acids is 1. The highest BCUT2D eigenvalue weighted by molar-refractivity contribution is 7.92. The van der Waals surface area contributed by atoms with E-state index in [-0.39, 0.29) is 19.0 Å². The van der Waals surface area contributed by atoms with Gasteiger partial charge in [0.05, 0.1) is 25.6 Å². The van der Waals surface area contributed by atoms with E-state index in [0.717, 1.165) is 6.26 Å². The second kappa shape index (κ2) is 7.83. The minimum absolute atomic E-state index is 0.157. The van der Waals surface area contributed by atoms with E-state index in [2.05, 4.69) is 5.32 Å². The largest absolute Gasteiger partial charge is 0.497 e. The molecule has 7 heteroatoms. The van der Waals surface area contributed by atoms with Crippen molar-refractivity contribution in [3.63, 3.8) is 0 Å². The molecule has 128 valence electrons. The van der Waals surface area contributed by atoms with Gasteiger partial charge in [0.15, 0.2) is 0 Å². The Balaban J connectivity index is 1.98. The molecule has 0 aliphatic heterocycles. The lowest BCUT2D eigenvalue weighted by Crippen LogP contribution is -2.38. The molecule has 0 saturated carbocycles. The summed E-state index contributed by atoms with van der Waals surface area (Å²) >= 11 is 0. The molecule has 24 heavy (non-hydrogen) atoms. The van der Waals surface area contributed by atoms with Crippen molar-refractivity contribution in [2.24, 2.45) is 0 Å². The Hall–Kier alpha value is -2.54. The van der Waals surface area contributed by atoms with Gasteiger partial charge in [-0.05, 0) is 36.4 Å². The number of benzene rings is 2. The third-order valence-electron chi connectivity index (χ3n) is 3.40. The number of rotatable bonds is 7. The molecule has 0 bridgehead atoms. The minimum atomic E-state index is -3.42. The van der Waals surface area contributed by atoms with Crippen molar-refractivity contribution < 1.29 is 17.9 Å². The van der Waals surface area contributed by atoms with Crippen LogP contribution in [0.5, 0.6) is 5.75 Å². The summed E-state index contributed by atoms with van der Waals surface area (Å²) in [6, 6.07) is 15.5. The lowest BCUT2D eigenvalue weighted by molar-refractivity contribution is 0.0955. The Morgan fingerprint density at radius 1 is 1.08 bits per heavy atom. The number of nitrogens with zero attached hydrogens (tertiary/aromatic N) is 1. The maximum Gasteiger partial charge on any atom is 0.251 e. The van der Waals surface area contributed by atoms with Crippen molar-refractivity contribution in [2.75, 3.05) is 30.8 Å². The van der Waals surface area contributed by atoms with Crippen molar-refractivity contribution in [1.82, 2.24) is 5.32 Å². The summed E-state index contributed by atoms with van der Waals surface area (Å²) in [5, 5.41) is 2.72. The van der Waals surface area contributed by atoms with Crippen molar-refractivity contribution >= 4 is 21.6 Å². The first kappa shape index (κ1) is 17.8. The molecule has 0 aliphatic rings. The van der Waals surface area contributed by atoms with Gasteiger partial charge in [0.25, 0.3) is 5.91 Å². The molecule has 0 heterocycles. The molecule has 0 unspecified atom stereocenters. The van der Waals surface area contributed by atoms with Crippen LogP contribution < -0.4 is 14.4 Å². The first-order valence-electron chi connectivity index (χ1n) is 7.37. The SMILES string of the molecule is COc1ccc(C(=O)NCCN(c2ccccc2)S(C)(=O)=O)cc1. The van der Waals surface area contributed by atoms with Crippen LogP contribution in [0.4, 0.5) is 5.69 Å². The number of carbonyl (C=O) groups is 1. The molecule has 0 aliphatic carbocycles. The zero-order valence-electron chi connectivity index (χ0n) is 13.6. The molecule has 2 aromatic carbocycles. The van der Waals surface area contributed by atoms with Gasteiger partial charge in [-0.15, -0.1) is 0 Å². The van der Waals surface area contributed by atoms with Crippen LogP contribution in [0.25, 0.3) is 0 Å². The summed E-state index contributed by atoms with van der Waals surface area (Å²) in [4.78, 5) is 12.1. The van der Waals surface area contributed by atoms with Crippen molar-refractivity contribution in [2.45, 2.75) is 0 Å². The average molecular weight is 348 g/mol. The van der Waals surface area contributed by atoms with Crippen LogP contribution in [0.1, 0.15) is 10.4 Å². The van der Waals surface area contributed by atoms with Gasteiger partial charge in [-0.3, -0.25) is 9.10 Å². The molecule has 0 spiro atoms. The fourth-order valence-electron chi connectivity index (χ4n) is 2.20. The van der Waals surface area contributed by atoms with Crippen LogP contribution >= 0.6 is 0 Å². The topological polar surface area (TPSA) is 75.7 Å².